The molecule has 6 aromatic carbocycles. The number of nitrogens with one attached hydrogen (secondary N) is 7. The Morgan fingerprint density at radius 2 is 1.31 bits per heavy atom. The molecule has 11 amide bonds. The quantitative estimate of drug-likeness (QED) is 0.0150. The molecule has 0 unspecified atom stereocenters. The molecule has 45 heteroatoms. The van der Waals surface area contributed by atoms with E-state index in [0.717, 1.165) is 71.6 Å². The van der Waals surface area contributed by atoms with E-state index < -0.39 is 339 Å². The number of aliphatic hydroxyl groups is 7. The van der Waals surface area contributed by atoms with Gasteiger partial charge < -0.3 is 138 Å². The first-order valence-corrected chi connectivity index (χ1v) is 47.5. The van der Waals surface area contributed by atoms with E-state index >= 15 is 24.0 Å². The first kappa shape index (κ1) is 109. The number of fused-ring (bicyclic) bond motifs is 15. The van der Waals surface area contributed by atoms with Crippen LogP contribution in [0.25, 0.3) is 11.1 Å². The number of carboxylic acid groups (broad SMARTS) is 1. The molecule has 43 nitrogen and oxygen atoms in total. The Labute approximate surface area is 834 Å². The van der Waals surface area contributed by atoms with E-state index in [1.807, 2.05) is 13.8 Å². The zero-order chi connectivity index (χ0) is 105. The normalized spacial score (nSPS) is 25.0. The summed E-state index contributed by atoms with van der Waals surface area (Å²) in [6, 6.07) is 7.82. The number of urea groups is 1. The fraction of sp³-hybridized carbons (Fsp3) is 0.465. The molecule has 0 saturated carbocycles. The van der Waals surface area contributed by atoms with Gasteiger partial charge in [-0.3, -0.25) is 67.2 Å². The number of hydrogen-bond donors (Lipinski definition) is 20. The van der Waals surface area contributed by atoms with Crippen LogP contribution in [-0.2, 0) is 99.1 Å². The first-order chi connectivity index (χ1) is 68.2. The third-order valence-corrected chi connectivity index (χ3v) is 26.5. The molecule has 2 saturated heterocycles. The zero-order valence-corrected chi connectivity index (χ0v) is 80.6. The summed E-state index contributed by atoms with van der Waals surface area (Å²) in [4.78, 5) is 211. The molecule has 8 aliphatic rings. The van der Waals surface area contributed by atoms with Gasteiger partial charge in [-0.15, -0.1) is 0 Å². The second-order valence-electron chi connectivity index (χ2n) is 37.5. The SMILES string of the molecule is CC[C@H](CC(C)C)C(=O)N[C@H]1C(=O)C[C@@H](CC(N)=O)C(=O)N[C@H]2C(=O)C[C@H]3C(=O)N[C@H](C(=O)N[C@@H](C(=O)O)c4cc(O)cc(O)c4-c4cc3ccc4O)[C@H](O)c3ccc(c(Cl)c3)Oc3cc2cc(c3O[C@H]2O[C@@H](CO)[C@H](O)[C@@H](O)[C@@H]2O[C@H]2C[C@](C)(CC(=O)OCc3ccc(CC(=O)[C@H](CCCNC(N)=O)NC(=O)[C@@H](NC(=O)CCCCCN4C(=O)C=CC4=O)C(C)C)cc3)[C@H](O)[C@H](O)O2)Oc2ccc(cc2Cl)[C@H]1O. The van der Waals surface area contributed by atoms with Crippen molar-refractivity contribution in [3.8, 4) is 57.1 Å². The van der Waals surface area contributed by atoms with Gasteiger partial charge in [0.05, 0.1) is 41.0 Å². The molecule has 11 bridgehead atoms. The highest BCUT2D eigenvalue weighted by Gasteiger charge is 2.54. The van der Waals surface area contributed by atoms with Crippen LogP contribution in [0, 0.1) is 29.1 Å². The number of carbonyl (C=O) groups excluding carboxylic acids is 14. The Kier molecular flexibility index (Phi) is 36.4. The number of unbranched alkanes of at least 4 members (excludes halogenated alkanes) is 2. The van der Waals surface area contributed by atoms with Crippen LogP contribution in [0.1, 0.15) is 194 Å². The van der Waals surface area contributed by atoms with Crippen LogP contribution in [0.4, 0.5) is 4.79 Å². The van der Waals surface area contributed by atoms with Gasteiger partial charge in [-0.1, -0.05) is 114 Å². The van der Waals surface area contributed by atoms with Gasteiger partial charge in [0.15, 0.2) is 53.6 Å². The molecular formula is C99H116Cl2N10O33. The maximum atomic E-state index is 16.4. The molecule has 0 spiro atoms. The summed E-state index contributed by atoms with van der Waals surface area (Å²) in [5, 5.41) is 146. The predicted molar refractivity (Wildman–Crippen MR) is 504 cm³/mol. The molecule has 14 rings (SSSR count). The zero-order valence-electron chi connectivity index (χ0n) is 79.1. The number of aliphatic carboxylic acids is 1. The summed E-state index contributed by atoms with van der Waals surface area (Å²) in [5.41, 5.74) is 7.31. The Bertz CT molecular complexity index is 5890. The lowest BCUT2D eigenvalue weighted by atomic mass is 9.76. The summed E-state index contributed by atoms with van der Waals surface area (Å²) in [6.45, 7) is 8.86. The monoisotopic (exact) mass is 2040 g/mol. The largest absolute Gasteiger partial charge is 0.508 e. The first-order valence-electron chi connectivity index (χ1n) is 46.8. The van der Waals surface area contributed by atoms with Crippen molar-refractivity contribution < 1.29 is 161 Å². The summed E-state index contributed by atoms with van der Waals surface area (Å²) in [5.74, 6) is -24.2. The Balaban J connectivity index is 0.880. The minimum atomic E-state index is -2.32. The fourth-order valence-corrected chi connectivity index (χ4v) is 18.5. The number of hydrogen-bond acceptors (Lipinski definition) is 32. The molecule has 6 aromatic rings. The predicted octanol–water partition coefficient (Wildman–Crippen LogP) is 4.54. The fourth-order valence-electron chi connectivity index (χ4n) is 18.0. The van der Waals surface area contributed by atoms with Crippen LogP contribution in [0.2, 0.25) is 10.0 Å². The molecule has 22 N–H and O–H groups in total. The van der Waals surface area contributed by atoms with E-state index in [1.165, 1.54) is 31.2 Å². The number of rotatable bonds is 34. The van der Waals surface area contributed by atoms with Crippen molar-refractivity contribution in [2.75, 3.05) is 19.7 Å². The van der Waals surface area contributed by atoms with E-state index in [-0.39, 0.29) is 67.8 Å². The van der Waals surface area contributed by atoms with Crippen LogP contribution in [-0.4, -0.2) is 243 Å². The van der Waals surface area contributed by atoms with Crippen molar-refractivity contribution in [2.45, 2.75) is 242 Å². The van der Waals surface area contributed by atoms with Crippen LogP contribution in [0.15, 0.2) is 115 Å². The summed E-state index contributed by atoms with van der Waals surface area (Å²) >= 11 is 14.4. The molecule has 0 aromatic heterocycles. The van der Waals surface area contributed by atoms with Gasteiger partial charge >= 0.3 is 18.0 Å². The standard InChI is InChI=1S/C99H116Cl2N10O33/c1-7-48(28-44(2)3)90(129)109-81-64(117)33-53(36-71(102)119)91(130)107-79-52-34-68(139-66-22-19-50(83(81)124)31-58(66)100)87(69(35-52)140-67-23-20-51(32-59(67)101)84(125)82-94(133)108-80(95(134)135)57-37-54(113)38-63(116)77(57)56-30-49(18-21-61(56)114)55(39-65(79)118)92(131)110-82)144-97-88(86(127)85(126)70(42-112)141-97)142-76-41-99(6,89(128)96(136)143-76)40-75(123)138-43-47-16-14-46(15-17-47)29-62(115)60(12-11-26-104-98(103)137)105-93(132)78(45(4)5)106-72(120)13-9-8-10-27-111-73(121)24-25-74(111)122/h14-25,30-32,34-35,37-38,44-45,48,53,55,60,70,76,78-86,88-89,96-97,112-114,116,124-128,136H,7-13,26-29,33,36,39-43H2,1-6H3,(H2,102,119)(H,105,132)(H,106,120)(H,107,130)(H,108,133)(H,109,129)(H,110,131)(H,134,135)(H3,103,104,137)/t48-,53+,55-,60+,70+,76-,78+,79-,80-,81+,82+,83-,84-,85+,86-,88+,89-,96-,97-,99+/m1/s1. The topological polar surface area (TPSA) is 683 Å². The number of primary amides is 2. The highest BCUT2D eigenvalue weighted by molar-refractivity contribution is 6.32. The molecular weight excluding hydrogens is 1930 g/mol. The Morgan fingerprint density at radius 3 is 1.92 bits per heavy atom. The number of imide groups is 1. The third kappa shape index (κ3) is 26.6. The number of nitrogens with two attached hydrogens (primary N) is 2. The van der Waals surface area contributed by atoms with Crippen molar-refractivity contribution in [1.29, 1.82) is 0 Å². The number of phenols is 3. The van der Waals surface area contributed by atoms with Gasteiger partial charge in [0.1, 0.15) is 96.1 Å². The number of aromatic hydroxyl groups is 3. The van der Waals surface area contributed by atoms with E-state index in [9.17, 15) is 104 Å². The molecule has 774 valence electrons. The van der Waals surface area contributed by atoms with Crippen molar-refractivity contribution >= 4 is 112 Å². The summed E-state index contributed by atoms with van der Waals surface area (Å²) in [6.07, 6.45) is -21.3. The molecule has 0 aliphatic carbocycles. The number of phenolic OH excluding ortho intramolecular Hbond substituents is 3. The highest BCUT2D eigenvalue weighted by Crippen LogP contribution is 2.51. The lowest BCUT2D eigenvalue weighted by Crippen LogP contribution is -2.63. The summed E-state index contributed by atoms with van der Waals surface area (Å²) < 4.78 is 44.4. The highest BCUT2D eigenvalue weighted by atomic mass is 35.5. The van der Waals surface area contributed by atoms with Gasteiger partial charge in [0.25, 0.3) is 11.8 Å². The second-order valence-corrected chi connectivity index (χ2v) is 38.3. The van der Waals surface area contributed by atoms with Gasteiger partial charge in [0, 0.05) is 97.9 Å². The van der Waals surface area contributed by atoms with Crippen LogP contribution in [0.5, 0.6) is 46.0 Å². The van der Waals surface area contributed by atoms with E-state index in [0.29, 0.717) is 36.8 Å². The molecule has 2 fully saturated rings. The van der Waals surface area contributed by atoms with Crippen LogP contribution in [0.3, 0.4) is 0 Å². The number of halogens is 2. The summed E-state index contributed by atoms with van der Waals surface area (Å²) in [7, 11) is 0. The minimum Gasteiger partial charge on any atom is -0.508 e. The number of carbonyl (C=O) groups is 15. The van der Waals surface area contributed by atoms with Gasteiger partial charge in [-0.05, 0) is 138 Å². The molecule has 8 aliphatic heterocycles. The molecule has 144 heavy (non-hydrogen) atoms. The smallest absolute Gasteiger partial charge is 0.330 e. The van der Waals surface area contributed by atoms with Crippen LogP contribution >= 0.6 is 23.2 Å². The maximum absolute atomic E-state index is 16.4. The lowest BCUT2D eigenvalue weighted by molar-refractivity contribution is -0.361. The second kappa shape index (κ2) is 47.9. The average Bonchev–Trinajstić information content (AvgIpc) is 1.08. The Hall–Kier alpha value is -13.3. The van der Waals surface area contributed by atoms with E-state index in [2.05, 4.69) is 37.2 Å². The van der Waals surface area contributed by atoms with Crippen molar-refractivity contribution in [1.82, 2.24) is 42.1 Å². The Morgan fingerprint density at radius 1 is 0.667 bits per heavy atom. The number of esters is 1. The number of carboxylic acids is 1. The number of nitrogens with zero attached hydrogens (tertiary/aromatic N) is 1. The van der Waals surface area contributed by atoms with Gasteiger partial charge in [-0.2, -0.15) is 0 Å². The van der Waals surface area contributed by atoms with Crippen molar-refractivity contribution in [3.63, 3.8) is 0 Å². The third-order valence-electron chi connectivity index (χ3n) is 25.9. The number of benzene rings is 6. The molecule has 8 heterocycles. The number of aliphatic hydroxyl groups excluding tert-OH is 7. The maximum Gasteiger partial charge on any atom is 0.330 e. The van der Waals surface area contributed by atoms with Crippen LogP contribution < -0.4 is 62.9 Å². The number of amides is 11. The van der Waals surface area contributed by atoms with Crippen molar-refractivity contribution in [2.24, 2.45) is 40.6 Å². The number of ketones is 3. The number of ether oxygens (including phenoxy) is 7. The van der Waals surface area contributed by atoms with E-state index in [1.54, 1.807) is 45.0 Å². The van der Waals surface area contributed by atoms with Gasteiger partial charge in [-0.25, -0.2) is 9.59 Å². The average molecular weight is 2040 g/mol. The molecule has 0 radical (unpaired) electrons. The van der Waals surface area contributed by atoms with Crippen molar-refractivity contribution in [3.05, 3.63) is 164 Å². The minimum absolute atomic E-state index is 0.0178. The lowest BCUT2D eigenvalue weighted by Gasteiger charge is -2.47. The van der Waals surface area contributed by atoms with E-state index in [4.69, 9.17) is 67.8 Å². The molecule has 20 atom stereocenters. The van der Waals surface area contributed by atoms with Gasteiger partial charge in [0.2, 0.25) is 53.4 Å². The number of Topliss-reactive ketones (excluding diaryl/α,β-unsaturated/α-hetero) is 3.